The zero-order chi connectivity index (χ0) is 19.8. The van der Waals surface area contributed by atoms with Gasteiger partial charge in [-0.2, -0.15) is 13.2 Å². The second kappa shape index (κ2) is 5.44. The van der Waals surface area contributed by atoms with Crippen molar-refractivity contribution in [3.05, 3.63) is 70.8 Å². The molecule has 0 amide bonds. The van der Waals surface area contributed by atoms with Crippen LogP contribution in [0.5, 0.6) is 0 Å². The van der Waals surface area contributed by atoms with E-state index in [2.05, 4.69) is 0 Å². The van der Waals surface area contributed by atoms with E-state index in [0.29, 0.717) is 22.3 Å². The number of halogens is 3. The van der Waals surface area contributed by atoms with Gasteiger partial charge in [-0.1, -0.05) is 48.5 Å². The molecule has 1 fully saturated rings. The minimum Gasteiger partial charge on any atom is -0.393 e. The number of hydrogen-bond acceptors (Lipinski definition) is 4. The summed E-state index contributed by atoms with van der Waals surface area (Å²) in [7, 11) is 0.982. The van der Waals surface area contributed by atoms with Crippen LogP contribution in [-0.4, -0.2) is 31.3 Å². The van der Waals surface area contributed by atoms with E-state index < -0.39 is 47.4 Å². The number of esters is 2. The topological polar surface area (TPSA) is 52.6 Å². The first-order valence-electron chi connectivity index (χ1n) is 8.87. The number of rotatable bonds is 2. The Kier molecular flexibility index (Phi) is 3.39. The Labute approximate surface area is 158 Å². The molecule has 0 N–H and O–H groups in total. The second-order valence-corrected chi connectivity index (χ2v) is 7.42. The monoisotopic (exact) mass is 388 g/mol. The lowest BCUT2D eigenvalue weighted by Gasteiger charge is -2.56. The van der Waals surface area contributed by atoms with Crippen LogP contribution in [-0.2, 0) is 24.5 Å². The molecule has 0 radical (unpaired) electrons. The van der Waals surface area contributed by atoms with Crippen molar-refractivity contribution in [2.75, 3.05) is 7.11 Å². The lowest BCUT2D eigenvalue weighted by Crippen LogP contribution is -2.63. The van der Waals surface area contributed by atoms with E-state index in [1.807, 2.05) is 0 Å². The third-order valence-electron chi connectivity index (χ3n) is 6.37. The van der Waals surface area contributed by atoms with Crippen LogP contribution < -0.4 is 0 Å². The highest BCUT2D eigenvalue weighted by Crippen LogP contribution is 2.66. The molecule has 7 heteroatoms. The van der Waals surface area contributed by atoms with Crippen molar-refractivity contribution in [1.29, 1.82) is 0 Å². The quantitative estimate of drug-likeness (QED) is 0.585. The van der Waals surface area contributed by atoms with E-state index in [9.17, 15) is 22.8 Å². The van der Waals surface area contributed by atoms with E-state index in [-0.39, 0.29) is 0 Å². The molecule has 2 aromatic carbocycles. The molecule has 2 aromatic rings. The smallest absolute Gasteiger partial charge is 0.393 e. The van der Waals surface area contributed by atoms with Gasteiger partial charge >= 0.3 is 18.1 Å². The first kappa shape index (κ1) is 17.4. The zero-order valence-electron chi connectivity index (χ0n) is 14.7. The van der Waals surface area contributed by atoms with Crippen molar-refractivity contribution >= 4 is 11.9 Å². The molecule has 144 valence electrons. The number of methoxy groups -OCH3 is 1. The van der Waals surface area contributed by atoms with Crippen LogP contribution in [0.3, 0.4) is 0 Å². The summed E-state index contributed by atoms with van der Waals surface area (Å²) in [6.45, 7) is 0. The molecular formula is C21H15F3O4. The van der Waals surface area contributed by atoms with Crippen LogP contribution >= 0.6 is 0 Å². The van der Waals surface area contributed by atoms with Gasteiger partial charge in [-0.3, -0.25) is 9.59 Å². The second-order valence-electron chi connectivity index (χ2n) is 7.42. The number of carbonyl (C=O) groups excluding carboxylic acids is 2. The molecule has 1 heterocycles. The van der Waals surface area contributed by atoms with Gasteiger partial charge in [0.15, 0.2) is 6.10 Å². The maximum absolute atomic E-state index is 14.3. The number of hydrogen-bond donors (Lipinski definition) is 0. The van der Waals surface area contributed by atoms with Gasteiger partial charge in [0.2, 0.25) is 0 Å². The van der Waals surface area contributed by atoms with E-state index in [1.54, 1.807) is 48.5 Å². The van der Waals surface area contributed by atoms with E-state index in [1.165, 1.54) is 0 Å². The molecule has 2 bridgehead atoms. The molecule has 3 atom stereocenters. The van der Waals surface area contributed by atoms with Crippen LogP contribution in [0.2, 0.25) is 0 Å². The molecule has 0 saturated carbocycles. The van der Waals surface area contributed by atoms with Gasteiger partial charge in [0.1, 0.15) is 0 Å². The van der Waals surface area contributed by atoms with Gasteiger partial charge in [-0.15, -0.1) is 0 Å². The Morgan fingerprint density at radius 2 is 1.50 bits per heavy atom. The third kappa shape index (κ3) is 1.85. The Balaban J connectivity index is 1.96. The summed E-state index contributed by atoms with van der Waals surface area (Å²) >= 11 is 0. The number of carbonyl (C=O) groups is 2. The van der Waals surface area contributed by atoms with Gasteiger partial charge in [0.25, 0.3) is 0 Å². The van der Waals surface area contributed by atoms with Crippen LogP contribution in [0.25, 0.3) is 0 Å². The maximum atomic E-state index is 14.3. The Bertz CT molecular complexity index is 965. The summed E-state index contributed by atoms with van der Waals surface area (Å²) in [5.41, 5.74) is 0.0791. The van der Waals surface area contributed by atoms with Crippen LogP contribution in [0, 0.1) is 11.8 Å². The lowest BCUT2D eigenvalue weighted by molar-refractivity contribution is -0.238. The van der Waals surface area contributed by atoms with Crippen molar-refractivity contribution in [2.45, 2.75) is 23.6 Å². The summed E-state index contributed by atoms with van der Waals surface area (Å²) in [6, 6.07) is 13.4. The van der Waals surface area contributed by atoms with Crippen LogP contribution in [0.15, 0.2) is 48.5 Å². The maximum Gasteiger partial charge on any atom is 0.415 e. The SMILES string of the molecule is CO[C@@H](C(F)(F)F)C12c3ccccc3C(c3ccccc31)C1C(=O)OC(=O)C12. The minimum absolute atomic E-state index is 0.371. The number of ether oxygens (including phenoxy) is 2. The largest absolute Gasteiger partial charge is 0.415 e. The normalized spacial score (nSPS) is 31.1. The van der Waals surface area contributed by atoms with E-state index >= 15 is 0 Å². The molecule has 4 aliphatic rings. The fraction of sp³-hybridized carbons (Fsp3) is 0.333. The average Bonchev–Trinajstić information content (AvgIpc) is 2.97. The molecule has 2 unspecified atom stereocenters. The third-order valence-corrected chi connectivity index (χ3v) is 6.37. The summed E-state index contributed by atoms with van der Waals surface area (Å²) in [4.78, 5) is 25.3. The Hall–Kier alpha value is -2.67. The van der Waals surface area contributed by atoms with Gasteiger partial charge in [-0.25, -0.2) is 0 Å². The molecule has 3 aliphatic carbocycles. The highest BCUT2D eigenvalue weighted by Gasteiger charge is 2.73. The highest BCUT2D eigenvalue weighted by atomic mass is 19.4. The van der Waals surface area contributed by atoms with E-state index in [0.717, 1.165) is 7.11 Å². The molecule has 0 aromatic heterocycles. The molecule has 1 aliphatic heterocycles. The number of benzene rings is 2. The predicted octanol–water partition coefficient (Wildman–Crippen LogP) is 3.32. The highest BCUT2D eigenvalue weighted by molar-refractivity contribution is 6.01. The van der Waals surface area contributed by atoms with Crippen LogP contribution in [0.1, 0.15) is 28.2 Å². The minimum atomic E-state index is -4.77. The van der Waals surface area contributed by atoms with Gasteiger partial charge in [0, 0.05) is 13.0 Å². The number of alkyl halides is 3. The molecule has 1 saturated heterocycles. The zero-order valence-corrected chi connectivity index (χ0v) is 14.7. The fourth-order valence-corrected chi connectivity index (χ4v) is 5.66. The first-order valence-corrected chi connectivity index (χ1v) is 8.87. The van der Waals surface area contributed by atoms with Crippen molar-refractivity contribution in [2.24, 2.45) is 11.8 Å². The van der Waals surface area contributed by atoms with Gasteiger partial charge < -0.3 is 9.47 Å². The predicted molar refractivity (Wildman–Crippen MR) is 90.4 cm³/mol. The summed E-state index contributed by atoms with van der Waals surface area (Å²) in [5.74, 6) is -4.51. The van der Waals surface area contributed by atoms with Gasteiger partial charge in [-0.05, 0) is 22.3 Å². The van der Waals surface area contributed by atoms with Crippen molar-refractivity contribution < 1.29 is 32.2 Å². The first-order chi connectivity index (χ1) is 13.3. The Morgan fingerprint density at radius 3 is 2.00 bits per heavy atom. The Morgan fingerprint density at radius 1 is 0.964 bits per heavy atom. The molecule has 28 heavy (non-hydrogen) atoms. The summed E-state index contributed by atoms with van der Waals surface area (Å²) < 4.78 is 52.7. The van der Waals surface area contributed by atoms with Crippen molar-refractivity contribution in [3.8, 4) is 0 Å². The fourth-order valence-electron chi connectivity index (χ4n) is 5.66. The number of cyclic esters (lactones) is 2. The molecule has 4 nitrogen and oxygen atoms in total. The standard InChI is InChI=1S/C21H15F3O4/c1-27-19(21(22,23)24)20-12-8-4-2-6-10(12)14(11-7-3-5-9-13(11)20)15-16(20)18(26)28-17(15)25/h2-9,14-16,19H,1H3/t14?,15?,16?,19-,20?/m1/s1. The van der Waals surface area contributed by atoms with Crippen molar-refractivity contribution in [1.82, 2.24) is 0 Å². The molecule has 0 spiro atoms. The lowest BCUT2D eigenvalue weighted by atomic mass is 9.45. The van der Waals surface area contributed by atoms with Crippen LogP contribution in [0.4, 0.5) is 13.2 Å². The summed E-state index contributed by atoms with van der Waals surface area (Å²) in [5, 5.41) is 0. The van der Waals surface area contributed by atoms with Gasteiger partial charge in [0.05, 0.1) is 17.3 Å². The molecule has 6 rings (SSSR count). The average molecular weight is 388 g/mol. The molecular weight excluding hydrogens is 373 g/mol. The van der Waals surface area contributed by atoms with Crippen molar-refractivity contribution in [3.63, 3.8) is 0 Å². The summed E-state index contributed by atoms with van der Waals surface area (Å²) in [6.07, 6.45) is -7.08. The van der Waals surface area contributed by atoms with E-state index in [4.69, 9.17) is 9.47 Å².